The highest BCUT2D eigenvalue weighted by Crippen LogP contribution is 2.15. The number of hydrogen-bond acceptors (Lipinski definition) is 5. The van der Waals surface area contributed by atoms with Gasteiger partial charge in [0.15, 0.2) is 0 Å². The van der Waals surface area contributed by atoms with Gasteiger partial charge in [0.25, 0.3) is 0 Å². The number of hydrogen-bond donors (Lipinski definition) is 2. The highest BCUT2D eigenvalue weighted by atomic mass is 16.5. The van der Waals surface area contributed by atoms with Gasteiger partial charge < -0.3 is 15.4 Å². The van der Waals surface area contributed by atoms with Crippen molar-refractivity contribution in [3.8, 4) is 0 Å². The third-order valence-electron chi connectivity index (χ3n) is 2.62. The highest BCUT2D eigenvalue weighted by Gasteiger charge is 2.32. The second-order valence-corrected chi connectivity index (χ2v) is 3.66. The lowest BCUT2D eigenvalue weighted by molar-refractivity contribution is -0.120. The lowest BCUT2D eigenvalue weighted by Gasteiger charge is -2.15. The first kappa shape index (κ1) is 11.0. The standard InChI is InChI=1S/C10H14N4O2/c1-11-9-5-16-4-8(9)10(15)14-7-2-12-6-13-3-7/h2-3,6,8-9,11H,4-5H2,1H3,(H,14,15). The summed E-state index contributed by atoms with van der Waals surface area (Å²) in [5.41, 5.74) is 0.606. The third-order valence-corrected chi connectivity index (χ3v) is 2.62. The molecule has 16 heavy (non-hydrogen) atoms. The number of nitrogens with one attached hydrogen (secondary N) is 2. The molecule has 0 aromatic carbocycles. The molecule has 0 bridgehead atoms. The van der Waals surface area contributed by atoms with Crippen molar-refractivity contribution in [1.82, 2.24) is 15.3 Å². The Morgan fingerprint density at radius 2 is 2.19 bits per heavy atom. The molecule has 1 saturated heterocycles. The smallest absolute Gasteiger partial charge is 0.231 e. The normalized spacial score (nSPS) is 24.3. The van der Waals surface area contributed by atoms with Gasteiger partial charge in [-0.15, -0.1) is 0 Å². The number of carbonyl (C=O) groups excluding carboxylic acids is 1. The van der Waals surface area contributed by atoms with Crippen LogP contribution in [-0.4, -0.2) is 42.2 Å². The SMILES string of the molecule is CNC1COCC1C(=O)Nc1cncnc1. The quantitative estimate of drug-likeness (QED) is 0.731. The molecule has 1 fully saturated rings. The first-order valence-electron chi connectivity index (χ1n) is 5.12. The zero-order valence-electron chi connectivity index (χ0n) is 9.01. The molecule has 2 heterocycles. The van der Waals surface area contributed by atoms with Crippen molar-refractivity contribution in [2.24, 2.45) is 5.92 Å². The zero-order chi connectivity index (χ0) is 11.4. The number of ether oxygens (including phenoxy) is 1. The summed E-state index contributed by atoms with van der Waals surface area (Å²) in [5, 5.41) is 5.83. The van der Waals surface area contributed by atoms with Gasteiger partial charge in [-0.05, 0) is 7.05 Å². The molecule has 0 spiro atoms. The molecule has 1 aromatic rings. The van der Waals surface area contributed by atoms with Crippen LogP contribution >= 0.6 is 0 Å². The van der Waals surface area contributed by atoms with Crippen LogP contribution in [0.1, 0.15) is 0 Å². The van der Waals surface area contributed by atoms with Crippen molar-refractivity contribution < 1.29 is 9.53 Å². The summed E-state index contributed by atoms with van der Waals surface area (Å²) in [6.07, 6.45) is 4.55. The van der Waals surface area contributed by atoms with Crippen molar-refractivity contribution in [3.63, 3.8) is 0 Å². The molecule has 6 nitrogen and oxygen atoms in total. The minimum absolute atomic E-state index is 0.0633. The minimum atomic E-state index is -0.162. The van der Waals surface area contributed by atoms with Crippen LogP contribution in [0, 0.1) is 5.92 Å². The van der Waals surface area contributed by atoms with Crippen molar-refractivity contribution in [1.29, 1.82) is 0 Å². The first-order valence-corrected chi connectivity index (χ1v) is 5.12. The van der Waals surface area contributed by atoms with Crippen LogP contribution < -0.4 is 10.6 Å². The Balaban J connectivity index is 1.98. The number of nitrogens with zero attached hydrogens (tertiary/aromatic N) is 2. The van der Waals surface area contributed by atoms with E-state index < -0.39 is 0 Å². The van der Waals surface area contributed by atoms with Crippen LogP contribution in [-0.2, 0) is 9.53 Å². The fraction of sp³-hybridized carbons (Fsp3) is 0.500. The average molecular weight is 222 g/mol. The zero-order valence-corrected chi connectivity index (χ0v) is 9.01. The van der Waals surface area contributed by atoms with Gasteiger partial charge in [0.05, 0.1) is 37.2 Å². The van der Waals surface area contributed by atoms with Crippen LogP contribution in [0.4, 0.5) is 5.69 Å². The van der Waals surface area contributed by atoms with Crippen molar-refractivity contribution in [2.45, 2.75) is 6.04 Å². The first-order chi connectivity index (χ1) is 7.81. The molecule has 1 aliphatic rings. The number of aromatic nitrogens is 2. The molecule has 1 amide bonds. The van der Waals surface area contributed by atoms with E-state index in [1.165, 1.54) is 6.33 Å². The molecule has 2 unspecified atom stereocenters. The summed E-state index contributed by atoms with van der Waals surface area (Å²) in [6, 6.07) is 0.0737. The van der Waals surface area contributed by atoms with E-state index in [4.69, 9.17) is 4.74 Å². The topological polar surface area (TPSA) is 76.1 Å². The van der Waals surface area contributed by atoms with Gasteiger partial charge >= 0.3 is 0 Å². The van der Waals surface area contributed by atoms with Gasteiger partial charge in [0.2, 0.25) is 5.91 Å². The summed E-state index contributed by atoms with van der Waals surface area (Å²) < 4.78 is 5.26. The molecule has 6 heteroatoms. The van der Waals surface area contributed by atoms with Crippen LogP contribution in [0.5, 0.6) is 0 Å². The summed E-state index contributed by atoms with van der Waals surface area (Å²) in [4.78, 5) is 19.6. The van der Waals surface area contributed by atoms with Crippen LogP contribution in [0.15, 0.2) is 18.7 Å². The summed E-state index contributed by atoms with van der Waals surface area (Å²) in [6.45, 7) is 1.02. The highest BCUT2D eigenvalue weighted by molar-refractivity contribution is 5.93. The van der Waals surface area contributed by atoms with Gasteiger partial charge in [-0.3, -0.25) is 4.79 Å². The lowest BCUT2D eigenvalue weighted by atomic mass is 10.0. The predicted molar refractivity (Wildman–Crippen MR) is 57.8 cm³/mol. The average Bonchev–Trinajstić information content (AvgIpc) is 2.78. The second-order valence-electron chi connectivity index (χ2n) is 3.66. The van der Waals surface area contributed by atoms with Crippen molar-refractivity contribution >= 4 is 11.6 Å². The molecule has 86 valence electrons. The monoisotopic (exact) mass is 222 g/mol. The number of rotatable bonds is 3. The number of likely N-dealkylation sites (N-methyl/N-ethyl adjacent to an activating group) is 1. The minimum Gasteiger partial charge on any atom is -0.379 e. The summed E-state index contributed by atoms with van der Waals surface area (Å²) in [7, 11) is 1.82. The van der Waals surface area contributed by atoms with Gasteiger partial charge in [0.1, 0.15) is 6.33 Å². The molecule has 1 aromatic heterocycles. The number of carbonyl (C=O) groups is 1. The molecule has 2 atom stereocenters. The fourth-order valence-corrected chi connectivity index (χ4v) is 1.70. The van der Waals surface area contributed by atoms with Gasteiger partial charge in [-0.1, -0.05) is 0 Å². The maximum Gasteiger partial charge on any atom is 0.231 e. The Labute approximate surface area is 93.4 Å². The van der Waals surface area contributed by atoms with Crippen LogP contribution in [0.2, 0.25) is 0 Å². The fourth-order valence-electron chi connectivity index (χ4n) is 1.70. The maximum absolute atomic E-state index is 11.9. The molecule has 0 aliphatic carbocycles. The van der Waals surface area contributed by atoms with Gasteiger partial charge in [0, 0.05) is 6.04 Å². The molecule has 0 radical (unpaired) electrons. The Morgan fingerprint density at radius 1 is 1.44 bits per heavy atom. The molecular weight excluding hydrogens is 208 g/mol. The van der Waals surface area contributed by atoms with Crippen molar-refractivity contribution in [2.75, 3.05) is 25.6 Å². The predicted octanol–water partition coefficient (Wildman–Crippen LogP) is -0.350. The van der Waals surface area contributed by atoms with E-state index in [1.807, 2.05) is 7.05 Å². The molecule has 0 saturated carbocycles. The number of amides is 1. The Hall–Kier alpha value is -1.53. The lowest BCUT2D eigenvalue weighted by Crippen LogP contribution is -2.39. The third kappa shape index (κ3) is 2.34. The van der Waals surface area contributed by atoms with E-state index in [2.05, 4.69) is 20.6 Å². The van der Waals surface area contributed by atoms with E-state index in [0.717, 1.165) is 0 Å². The molecule has 1 aliphatic heterocycles. The van der Waals surface area contributed by atoms with Gasteiger partial charge in [-0.2, -0.15) is 0 Å². The van der Waals surface area contributed by atoms with E-state index in [0.29, 0.717) is 18.9 Å². The van der Waals surface area contributed by atoms with Crippen LogP contribution in [0.3, 0.4) is 0 Å². The van der Waals surface area contributed by atoms with E-state index in [-0.39, 0.29) is 17.9 Å². The Morgan fingerprint density at radius 3 is 2.88 bits per heavy atom. The van der Waals surface area contributed by atoms with Crippen molar-refractivity contribution in [3.05, 3.63) is 18.7 Å². The van der Waals surface area contributed by atoms with E-state index in [1.54, 1.807) is 12.4 Å². The van der Waals surface area contributed by atoms with Crippen LogP contribution in [0.25, 0.3) is 0 Å². The van der Waals surface area contributed by atoms with Gasteiger partial charge in [-0.25, -0.2) is 9.97 Å². The molecule has 2 N–H and O–H groups in total. The largest absolute Gasteiger partial charge is 0.379 e. The number of anilines is 1. The Bertz CT molecular complexity index is 357. The maximum atomic E-state index is 11.9. The van der Waals surface area contributed by atoms with E-state index >= 15 is 0 Å². The van der Waals surface area contributed by atoms with E-state index in [9.17, 15) is 4.79 Å². The second kappa shape index (κ2) is 5.00. The summed E-state index contributed by atoms with van der Waals surface area (Å²) in [5.74, 6) is -0.225. The molecule has 2 rings (SSSR count). The summed E-state index contributed by atoms with van der Waals surface area (Å²) >= 11 is 0. The molecular formula is C10H14N4O2. The Kier molecular flexibility index (Phi) is 3.43.